The molecule has 2 heterocycles. The van der Waals surface area contributed by atoms with Crippen molar-refractivity contribution in [1.82, 2.24) is 15.1 Å². The first-order valence-corrected chi connectivity index (χ1v) is 10.2. The van der Waals surface area contributed by atoms with Gasteiger partial charge < -0.3 is 14.8 Å². The molecule has 6 heteroatoms. The van der Waals surface area contributed by atoms with Gasteiger partial charge in [-0.15, -0.1) is 0 Å². The Morgan fingerprint density at radius 2 is 2.04 bits per heavy atom. The predicted molar refractivity (Wildman–Crippen MR) is 103 cm³/mol. The van der Waals surface area contributed by atoms with Crippen LogP contribution in [0.5, 0.6) is 0 Å². The molecule has 0 saturated heterocycles. The number of hydrogen-bond donors (Lipinski definition) is 2. The number of aliphatic hydroxyl groups excluding tert-OH is 1. The minimum absolute atomic E-state index is 0.0515. The molecular formula is C21H29N3O3. The number of aryl methyl sites for hydroxylation is 3. The summed E-state index contributed by atoms with van der Waals surface area (Å²) in [4.78, 5) is 12.5. The van der Waals surface area contributed by atoms with E-state index >= 15 is 0 Å². The number of nitrogens with zero attached hydrogens (tertiary/aromatic N) is 2. The average molecular weight is 371 g/mol. The van der Waals surface area contributed by atoms with Crippen LogP contribution >= 0.6 is 0 Å². The van der Waals surface area contributed by atoms with Crippen molar-refractivity contribution >= 4 is 0 Å². The molecule has 146 valence electrons. The minimum Gasteiger partial charge on any atom is -0.464 e. The lowest BCUT2D eigenvalue weighted by atomic mass is 9.91. The maximum atomic E-state index is 12.5. The number of hydrogen-bond acceptors (Lipinski definition) is 5. The van der Waals surface area contributed by atoms with Crippen molar-refractivity contribution in [2.45, 2.75) is 76.5 Å². The summed E-state index contributed by atoms with van der Waals surface area (Å²) in [5, 5.41) is 18.4. The van der Waals surface area contributed by atoms with E-state index in [0.717, 1.165) is 55.5 Å². The Bertz CT molecular complexity index is 833. The van der Waals surface area contributed by atoms with Gasteiger partial charge in [0.1, 0.15) is 17.6 Å². The summed E-state index contributed by atoms with van der Waals surface area (Å²) in [6, 6.07) is 6.06. The van der Waals surface area contributed by atoms with Crippen LogP contribution in [0.4, 0.5) is 0 Å². The van der Waals surface area contributed by atoms with Crippen molar-refractivity contribution in [2.75, 3.05) is 6.54 Å². The summed E-state index contributed by atoms with van der Waals surface area (Å²) >= 11 is 0. The third kappa shape index (κ3) is 4.17. The molecule has 4 rings (SSSR count). The summed E-state index contributed by atoms with van der Waals surface area (Å²) in [5.74, 6) is 1.42. The Kier molecular flexibility index (Phi) is 5.45. The number of fused-ring (bicyclic) bond motifs is 1. The predicted octanol–water partition coefficient (Wildman–Crippen LogP) is 2.83. The zero-order valence-corrected chi connectivity index (χ0v) is 16.0. The van der Waals surface area contributed by atoms with Crippen LogP contribution in [0.3, 0.4) is 0 Å². The Labute approximate surface area is 159 Å². The summed E-state index contributed by atoms with van der Waals surface area (Å²) < 4.78 is 7.22. The molecule has 0 radical (unpaired) electrons. The second kappa shape index (κ2) is 7.98. The largest absolute Gasteiger partial charge is 0.464 e. The van der Waals surface area contributed by atoms with Crippen LogP contribution in [0.15, 0.2) is 27.4 Å². The molecule has 2 aliphatic carbocycles. The Balaban J connectivity index is 1.32. The van der Waals surface area contributed by atoms with Gasteiger partial charge in [-0.25, -0.2) is 4.68 Å². The molecule has 1 fully saturated rings. The van der Waals surface area contributed by atoms with Crippen LogP contribution in [0.25, 0.3) is 0 Å². The van der Waals surface area contributed by atoms with Crippen LogP contribution in [0.2, 0.25) is 0 Å². The van der Waals surface area contributed by atoms with Crippen LogP contribution in [0.1, 0.15) is 73.4 Å². The fraction of sp³-hybridized carbons (Fsp3) is 0.619. The first-order chi connectivity index (χ1) is 13.1. The lowest BCUT2D eigenvalue weighted by Crippen LogP contribution is -2.38. The van der Waals surface area contributed by atoms with Crippen molar-refractivity contribution in [2.24, 2.45) is 0 Å². The fourth-order valence-corrected chi connectivity index (χ4v) is 4.37. The molecule has 2 aromatic heterocycles. The molecule has 1 unspecified atom stereocenters. The Morgan fingerprint density at radius 3 is 2.78 bits per heavy atom. The molecule has 0 bridgehead atoms. The van der Waals surface area contributed by atoms with Gasteiger partial charge in [0.25, 0.3) is 5.56 Å². The van der Waals surface area contributed by atoms with Crippen molar-refractivity contribution in [1.29, 1.82) is 0 Å². The normalized spacial score (nSPS) is 23.8. The number of aliphatic hydroxyl groups is 1. The van der Waals surface area contributed by atoms with Gasteiger partial charge in [0.2, 0.25) is 0 Å². The standard InChI is InChI=1S/C21H29N3O3/c1-14-6-11-20(27-14)19(25)13-22-16-7-9-17(10-8-16)24-21(26)12-15-4-2-3-5-18(15)23-24/h6,11-12,16-17,19,22,25H,2-5,7-10,13H2,1H3. The smallest absolute Gasteiger partial charge is 0.267 e. The number of rotatable bonds is 5. The van der Waals surface area contributed by atoms with Crippen LogP contribution < -0.4 is 10.9 Å². The second-order valence-corrected chi connectivity index (χ2v) is 7.98. The van der Waals surface area contributed by atoms with Crippen LogP contribution in [-0.4, -0.2) is 27.5 Å². The fourth-order valence-electron chi connectivity index (χ4n) is 4.37. The van der Waals surface area contributed by atoms with Gasteiger partial charge in [0.05, 0.1) is 11.7 Å². The molecule has 6 nitrogen and oxygen atoms in total. The maximum Gasteiger partial charge on any atom is 0.267 e. The van der Waals surface area contributed by atoms with Crippen molar-refractivity contribution < 1.29 is 9.52 Å². The maximum absolute atomic E-state index is 12.5. The van der Waals surface area contributed by atoms with Gasteiger partial charge in [-0.05, 0) is 76.0 Å². The molecular weight excluding hydrogens is 342 g/mol. The number of nitrogens with one attached hydrogen (secondary N) is 1. The van der Waals surface area contributed by atoms with E-state index in [1.807, 2.05) is 25.1 Å². The molecule has 0 aromatic carbocycles. The SMILES string of the molecule is Cc1ccc(C(O)CNC2CCC(n3nc4c(cc3=O)CCCC4)CC2)o1. The van der Waals surface area contributed by atoms with E-state index in [2.05, 4.69) is 5.32 Å². The van der Waals surface area contributed by atoms with E-state index in [1.165, 1.54) is 12.8 Å². The van der Waals surface area contributed by atoms with E-state index in [4.69, 9.17) is 9.52 Å². The van der Waals surface area contributed by atoms with Gasteiger partial charge >= 0.3 is 0 Å². The van der Waals surface area contributed by atoms with Crippen LogP contribution in [-0.2, 0) is 12.8 Å². The van der Waals surface area contributed by atoms with Gasteiger partial charge in [-0.1, -0.05) is 0 Å². The lowest BCUT2D eigenvalue weighted by Gasteiger charge is -2.30. The molecule has 2 aliphatic rings. The number of furan rings is 1. The minimum atomic E-state index is -0.624. The van der Waals surface area contributed by atoms with Gasteiger partial charge in [-0.3, -0.25) is 4.79 Å². The molecule has 2 N–H and O–H groups in total. The highest BCUT2D eigenvalue weighted by Crippen LogP contribution is 2.28. The summed E-state index contributed by atoms with van der Waals surface area (Å²) in [6.45, 7) is 2.36. The van der Waals surface area contributed by atoms with Crippen molar-refractivity contribution in [3.63, 3.8) is 0 Å². The summed E-state index contributed by atoms with van der Waals surface area (Å²) in [7, 11) is 0. The van der Waals surface area contributed by atoms with E-state index in [1.54, 1.807) is 4.68 Å². The highest BCUT2D eigenvalue weighted by atomic mass is 16.4. The Morgan fingerprint density at radius 1 is 1.26 bits per heavy atom. The lowest BCUT2D eigenvalue weighted by molar-refractivity contribution is 0.136. The van der Waals surface area contributed by atoms with Crippen molar-refractivity contribution in [3.05, 3.63) is 51.3 Å². The quantitative estimate of drug-likeness (QED) is 0.845. The molecule has 27 heavy (non-hydrogen) atoms. The average Bonchev–Trinajstić information content (AvgIpc) is 3.12. The monoisotopic (exact) mass is 371 g/mol. The molecule has 0 aliphatic heterocycles. The highest BCUT2D eigenvalue weighted by molar-refractivity contribution is 5.20. The topological polar surface area (TPSA) is 80.3 Å². The van der Waals surface area contributed by atoms with E-state index in [9.17, 15) is 9.90 Å². The second-order valence-electron chi connectivity index (χ2n) is 7.98. The third-order valence-corrected chi connectivity index (χ3v) is 5.96. The third-order valence-electron chi connectivity index (χ3n) is 5.96. The van der Waals surface area contributed by atoms with E-state index < -0.39 is 6.10 Å². The first kappa shape index (κ1) is 18.4. The summed E-state index contributed by atoms with van der Waals surface area (Å²) in [6.07, 6.45) is 7.56. The molecule has 0 spiro atoms. The number of aromatic nitrogens is 2. The van der Waals surface area contributed by atoms with E-state index in [-0.39, 0.29) is 11.6 Å². The zero-order valence-electron chi connectivity index (χ0n) is 16.0. The van der Waals surface area contributed by atoms with Crippen LogP contribution in [0, 0.1) is 6.92 Å². The van der Waals surface area contributed by atoms with Gasteiger partial charge in [0.15, 0.2) is 0 Å². The molecule has 0 amide bonds. The molecule has 1 atom stereocenters. The van der Waals surface area contributed by atoms with Gasteiger partial charge in [-0.2, -0.15) is 5.10 Å². The highest BCUT2D eigenvalue weighted by Gasteiger charge is 2.25. The van der Waals surface area contributed by atoms with E-state index in [0.29, 0.717) is 18.3 Å². The molecule has 2 aromatic rings. The summed E-state index contributed by atoms with van der Waals surface area (Å²) in [5.41, 5.74) is 2.33. The zero-order chi connectivity index (χ0) is 18.8. The molecule has 1 saturated carbocycles. The van der Waals surface area contributed by atoms with Gasteiger partial charge in [0, 0.05) is 18.7 Å². The first-order valence-electron chi connectivity index (χ1n) is 10.2. The Hall–Kier alpha value is -1.92. The van der Waals surface area contributed by atoms with Crippen molar-refractivity contribution in [3.8, 4) is 0 Å².